The first kappa shape index (κ1) is 12.2. The third-order valence-electron chi connectivity index (χ3n) is 2.39. The first-order chi connectivity index (χ1) is 8.19. The van der Waals surface area contributed by atoms with Gasteiger partial charge < -0.3 is 5.73 Å². The number of aromatic nitrogens is 2. The third-order valence-corrected chi connectivity index (χ3v) is 2.88. The van der Waals surface area contributed by atoms with Crippen molar-refractivity contribution in [3.8, 4) is 11.3 Å². The van der Waals surface area contributed by atoms with Crippen LogP contribution in [0, 0.1) is 6.92 Å². The molecule has 1 aromatic heterocycles. The summed E-state index contributed by atoms with van der Waals surface area (Å²) in [6.07, 6.45) is 0.711. The minimum absolute atomic E-state index is 0.571. The van der Waals surface area contributed by atoms with Gasteiger partial charge in [-0.15, -0.1) is 0 Å². The van der Waals surface area contributed by atoms with E-state index in [0.29, 0.717) is 13.0 Å². The molecular weight excluding hydrogens is 278 g/mol. The van der Waals surface area contributed by atoms with Crippen molar-refractivity contribution in [2.45, 2.75) is 13.3 Å². The fraction of sp³-hybridized carbons (Fsp3) is 0.231. The van der Waals surface area contributed by atoms with Crippen molar-refractivity contribution < 1.29 is 0 Å². The van der Waals surface area contributed by atoms with Gasteiger partial charge in [0.2, 0.25) is 0 Å². The fourth-order valence-electron chi connectivity index (χ4n) is 1.67. The van der Waals surface area contributed by atoms with Crippen LogP contribution in [0.3, 0.4) is 0 Å². The van der Waals surface area contributed by atoms with E-state index in [1.165, 1.54) is 0 Å². The van der Waals surface area contributed by atoms with E-state index in [0.717, 1.165) is 27.2 Å². The van der Waals surface area contributed by atoms with Gasteiger partial charge in [-0.05, 0) is 31.7 Å². The predicted octanol–water partition coefficient (Wildman–Crippen LogP) is 2.72. The molecule has 2 N–H and O–H groups in total. The average Bonchev–Trinajstić information content (AvgIpc) is 2.28. The summed E-state index contributed by atoms with van der Waals surface area (Å²) in [4.78, 5) is 8.89. The molecule has 0 saturated carbocycles. The number of halogens is 1. The molecule has 0 spiro atoms. The summed E-state index contributed by atoms with van der Waals surface area (Å²) in [5, 5.41) is 0. The molecule has 17 heavy (non-hydrogen) atoms. The molecule has 0 saturated heterocycles. The van der Waals surface area contributed by atoms with Crippen LogP contribution in [-0.2, 0) is 6.42 Å². The number of benzene rings is 1. The Morgan fingerprint density at radius 3 is 2.76 bits per heavy atom. The summed E-state index contributed by atoms with van der Waals surface area (Å²) >= 11 is 3.46. The Morgan fingerprint density at radius 1 is 1.24 bits per heavy atom. The number of hydrogen-bond donors (Lipinski definition) is 1. The van der Waals surface area contributed by atoms with Crippen LogP contribution in [0.1, 0.15) is 11.5 Å². The van der Waals surface area contributed by atoms with Gasteiger partial charge in [-0.3, -0.25) is 0 Å². The number of rotatable bonds is 3. The van der Waals surface area contributed by atoms with E-state index >= 15 is 0 Å². The lowest BCUT2D eigenvalue weighted by atomic mass is 10.1. The van der Waals surface area contributed by atoms with Gasteiger partial charge in [-0.1, -0.05) is 28.1 Å². The molecule has 0 fully saturated rings. The summed E-state index contributed by atoms with van der Waals surface area (Å²) in [7, 11) is 0. The van der Waals surface area contributed by atoms with E-state index in [9.17, 15) is 0 Å². The maximum absolute atomic E-state index is 5.54. The minimum atomic E-state index is 0.571. The fourth-order valence-corrected chi connectivity index (χ4v) is 2.07. The highest BCUT2D eigenvalue weighted by Gasteiger charge is 2.04. The van der Waals surface area contributed by atoms with Crippen LogP contribution < -0.4 is 5.73 Å². The summed E-state index contributed by atoms with van der Waals surface area (Å²) in [5.74, 6) is 0.808. The second-order valence-corrected chi connectivity index (χ2v) is 4.78. The highest BCUT2D eigenvalue weighted by molar-refractivity contribution is 9.10. The van der Waals surface area contributed by atoms with Gasteiger partial charge in [0, 0.05) is 22.2 Å². The van der Waals surface area contributed by atoms with Crippen molar-refractivity contribution in [3.05, 3.63) is 46.3 Å². The maximum Gasteiger partial charge on any atom is 0.130 e. The summed E-state index contributed by atoms with van der Waals surface area (Å²) in [5.41, 5.74) is 8.54. The molecule has 1 heterocycles. The molecule has 2 aromatic rings. The van der Waals surface area contributed by atoms with Crippen LogP contribution in [0.15, 0.2) is 34.8 Å². The molecule has 2 rings (SSSR count). The lowest BCUT2D eigenvalue weighted by Crippen LogP contribution is -2.07. The minimum Gasteiger partial charge on any atom is -0.330 e. The zero-order valence-electron chi connectivity index (χ0n) is 9.65. The molecule has 0 bridgehead atoms. The molecule has 0 radical (unpaired) electrons. The topological polar surface area (TPSA) is 51.8 Å². The van der Waals surface area contributed by atoms with Crippen LogP contribution in [0.25, 0.3) is 11.3 Å². The zero-order chi connectivity index (χ0) is 12.3. The van der Waals surface area contributed by atoms with Crippen LogP contribution in [-0.4, -0.2) is 16.5 Å². The van der Waals surface area contributed by atoms with E-state index in [1.807, 2.05) is 37.3 Å². The Balaban J connectivity index is 2.44. The monoisotopic (exact) mass is 291 g/mol. The lowest BCUT2D eigenvalue weighted by Gasteiger charge is -2.05. The molecule has 4 heteroatoms. The molecule has 0 aliphatic heterocycles. The standard InChI is InChI=1S/C13H14BrN3/c1-9-7-12(17-13(16-9)5-6-15)10-3-2-4-11(14)8-10/h2-4,7-8H,5-6,15H2,1H3. The molecule has 0 atom stereocenters. The van der Waals surface area contributed by atoms with Crippen molar-refractivity contribution in [3.63, 3.8) is 0 Å². The van der Waals surface area contributed by atoms with Crippen molar-refractivity contribution in [1.29, 1.82) is 0 Å². The maximum atomic E-state index is 5.54. The van der Waals surface area contributed by atoms with Crippen LogP contribution >= 0.6 is 15.9 Å². The summed E-state index contributed by atoms with van der Waals surface area (Å²) < 4.78 is 1.05. The molecular formula is C13H14BrN3. The number of nitrogens with two attached hydrogens (primary N) is 1. The smallest absolute Gasteiger partial charge is 0.130 e. The summed E-state index contributed by atoms with van der Waals surface area (Å²) in [6, 6.07) is 10.1. The highest BCUT2D eigenvalue weighted by Crippen LogP contribution is 2.21. The van der Waals surface area contributed by atoms with Gasteiger partial charge in [-0.2, -0.15) is 0 Å². The highest BCUT2D eigenvalue weighted by atomic mass is 79.9. The van der Waals surface area contributed by atoms with E-state index in [4.69, 9.17) is 5.73 Å². The quantitative estimate of drug-likeness (QED) is 0.946. The average molecular weight is 292 g/mol. The Bertz CT molecular complexity index is 526. The SMILES string of the molecule is Cc1cc(-c2cccc(Br)c2)nc(CCN)n1. The normalized spacial score (nSPS) is 10.5. The molecule has 0 unspecified atom stereocenters. The van der Waals surface area contributed by atoms with Crippen molar-refractivity contribution in [2.75, 3.05) is 6.54 Å². The van der Waals surface area contributed by atoms with E-state index < -0.39 is 0 Å². The van der Waals surface area contributed by atoms with Gasteiger partial charge in [0.1, 0.15) is 5.82 Å². The van der Waals surface area contributed by atoms with Crippen LogP contribution in [0.2, 0.25) is 0 Å². The van der Waals surface area contributed by atoms with Crippen molar-refractivity contribution in [1.82, 2.24) is 9.97 Å². The largest absolute Gasteiger partial charge is 0.330 e. The predicted molar refractivity (Wildman–Crippen MR) is 72.7 cm³/mol. The van der Waals surface area contributed by atoms with Gasteiger partial charge in [0.05, 0.1) is 5.69 Å². The van der Waals surface area contributed by atoms with E-state index in [2.05, 4.69) is 25.9 Å². The molecule has 0 aliphatic carbocycles. The third kappa shape index (κ3) is 3.11. The molecule has 0 aliphatic rings. The van der Waals surface area contributed by atoms with Crippen molar-refractivity contribution in [2.24, 2.45) is 5.73 Å². The Labute approximate surface area is 109 Å². The molecule has 3 nitrogen and oxygen atoms in total. The first-order valence-corrected chi connectivity index (χ1v) is 6.29. The van der Waals surface area contributed by atoms with E-state index in [1.54, 1.807) is 0 Å². The second-order valence-electron chi connectivity index (χ2n) is 3.86. The molecule has 0 amide bonds. The first-order valence-electron chi connectivity index (χ1n) is 5.49. The van der Waals surface area contributed by atoms with Gasteiger partial charge in [-0.25, -0.2) is 9.97 Å². The summed E-state index contributed by atoms with van der Waals surface area (Å²) in [6.45, 7) is 2.55. The second kappa shape index (κ2) is 5.38. The van der Waals surface area contributed by atoms with Gasteiger partial charge in [0.25, 0.3) is 0 Å². The van der Waals surface area contributed by atoms with Crippen LogP contribution in [0.4, 0.5) is 0 Å². The van der Waals surface area contributed by atoms with Gasteiger partial charge >= 0.3 is 0 Å². The number of aryl methyl sites for hydroxylation is 1. The number of hydrogen-bond acceptors (Lipinski definition) is 3. The number of nitrogens with zero attached hydrogens (tertiary/aromatic N) is 2. The van der Waals surface area contributed by atoms with Gasteiger partial charge in [0.15, 0.2) is 0 Å². The zero-order valence-corrected chi connectivity index (χ0v) is 11.2. The molecule has 1 aromatic carbocycles. The Kier molecular flexibility index (Phi) is 3.86. The lowest BCUT2D eigenvalue weighted by molar-refractivity contribution is 0.858. The van der Waals surface area contributed by atoms with Crippen molar-refractivity contribution >= 4 is 15.9 Å². The molecule has 88 valence electrons. The Morgan fingerprint density at radius 2 is 2.06 bits per heavy atom. The van der Waals surface area contributed by atoms with E-state index in [-0.39, 0.29) is 0 Å². The Hall–Kier alpha value is -1.26. The van der Waals surface area contributed by atoms with Crippen LogP contribution in [0.5, 0.6) is 0 Å².